The molecule has 2 N–H and O–H groups in total. The Bertz CT molecular complexity index is 286. The highest BCUT2D eigenvalue weighted by Crippen LogP contribution is 2.32. The maximum Gasteiger partial charge on any atom is 0.407 e. The molecule has 1 heterocycles. The van der Waals surface area contributed by atoms with Crippen molar-refractivity contribution in [3.05, 3.63) is 0 Å². The van der Waals surface area contributed by atoms with Gasteiger partial charge in [0.2, 0.25) is 0 Å². The molecule has 4 nitrogen and oxygen atoms in total. The van der Waals surface area contributed by atoms with Gasteiger partial charge in [-0.3, -0.25) is 0 Å². The summed E-state index contributed by atoms with van der Waals surface area (Å²) >= 11 is 0. The lowest BCUT2D eigenvalue weighted by Gasteiger charge is -2.32. The molecule has 1 saturated carbocycles. The molecule has 0 bridgehead atoms. The monoisotopic (exact) mass is 240 g/mol. The highest BCUT2D eigenvalue weighted by molar-refractivity contribution is 5.68. The summed E-state index contributed by atoms with van der Waals surface area (Å²) in [6.45, 7) is 7.94. The first-order valence-electron chi connectivity index (χ1n) is 6.64. The van der Waals surface area contributed by atoms with Gasteiger partial charge >= 0.3 is 6.09 Å². The fourth-order valence-corrected chi connectivity index (χ4v) is 2.90. The summed E-state index contributed by atoms with van der Waals surface area (Å²) in [5.41, 5.74) is -0.407. The number of hydrogen-bond donors (Lipinski definition) is 2. The van der Waals surface area contributed by atoms with E-state index in [9.17, 15) is 4.79 Å². The van der Waals surface area contributed by atoms with Crippen molar-refractivity contribution < 1.29 is 9.53 Å². The zero-order chi connectivity index (χ0) is 12.5. The van der Waals surface area contributed by atoms with Crippen LogP contribution in [-0.2, 0) is 4.74 Å². The molecular formula is C13H24N2O2. The Hall–Kier alpha value is -0.770. The van der Waals surface area contributed by atoms with Crippen LogP contribution < -0.4 is 10.6 Å². The average Bonchev–Trinajstić information content (AvgIpc) is 2.61. The second-order valence-electron chi connectivity index (χ2n) is 6.33. The molecule has 0 aromatic carbocycles. The van der Waals surface area contributed by atoms with Crippen LogP contribution in [0.5, 0.6) is 0 Å². The summed E-state index contributed by atoms with van der Waals surface area (Å²) in [7, 11) is 0. The van der Waals surface area contributed by atoms with Crippen LogP contribution >= 0.6 is 0 Å². The number of amides is 1. The van der Waals surface area contributed by atoms with Crippen molar-refractivity contribution in [3.63, 3.8) is 0 Å². The quantitative estimate of drug-likeness (QED) is 0.736. The molecule has 4 heteroatoms. The first-order valence-corrected chi connectivity index (χ1v) is 6.64. The minimum absolute atomic E-state index is 0.271. The maximum absolute atomic E-state index is 11.7. The van der Waals surface area contributed by atoms with Gasteiger partial charge in [-0.2, -0.15) is 0 Å². The standard InChI is InChI=1S/C13H24N2O2/c1-13(2,3)17-12(16)15-11-5-4-9-7-14-8-10(9)6-11/h9-11,14H,4-8H2,1-3H3,(H,15,16)/t9-,10+,11-/m1/s1. The van der Waals surface area contributed by atoms with Gasteiger partial charge in [0.05, 0.1) is 0 Å². The third-order valence-corrected chi connectivity index (χ3v) is 3.67. The van der Waals surface area contributed by atoms with E-state index in [0.29, 0.717) is 6.04 Å². The van der Waals surface area contributed by atoms with Crippen molar-refractivity contribution in [2.45, 2.75) is 51.7 Å². The molecule has 2 aliphatic rings. The zero-order valence-electron chi connectivity index (χ0n) is 11.1. The lowest BCUT2D eigenvalue weighted by Crippen LogP contribution is -2.43. The molecule has 2 fully saturated rings. The number of rotatable bonds is 1. The number of carbonyl (C=O) groups excluding carboxylic acids is 1. The summed E-state index contributed by atoms with van der Waals surface area (Å²) in [6.07, 6.45) is 3.13. The van der Waals surface area contributed by atoms with Gasteiger partial charge in [0.15, 0.2) is 0 Å². The SMILES string of the molecule is CC(C)(C)OC(=O)N[C@@H]1CC[C@@H]2CNC[C@@H]2C1. The Morgan fingerprint density at radius 1 is 1.24 bits per heavy atom. The van der Waals surface area contributed by atoms with Crippen molar-refractivity contribution in [3.8, 4) is 0 Å². The third kappa shape index (κ3) is 3.60. The molecule has 1 saturated heterocycles. The minimum Gasteiger partial charge on any atom is -0.444 e. The third-order valence-electron chi connectivity index (χ3n) is 3.67. The first kappa shape index (κ1) is 12.7. The van der Waals surface area contributed by atoms with Crippen molar-refractivity contribution >= 4 is 6.09 Å². The molecule has 17 heavy (non-hydrogen) atoms. The Kier molecular flexibility index (Phi) is 3.61. The van der Waals surface area contributed by atoms with E-state index in [-0.39, 0.29) is 6.09 Å². The molecule has 0 radical (unpaired) electrons. The minimum atomic E-state index is -0.407. The van der Waals surface area contributed by atoms with Crippen LogP contribution in [0.15, 0.2) is 0 Å². The van der Waals surface area contributed by atoms with Crippen molar-refractivity contribution in [2.75, 3.05) is 13.1 Å². The molecule has 1 aliphatic carbocycles. The molecular weight excluding hydrogens is 216 g/mol. The average molecular weight is 240 g/mol. The molecule has 1 aliphatic heterocycles. The van der Waals surface area contributed by atoms with Gasteiger partial charge in [-0.15, -0.1) is 0 Å². The predicted molar refractivity (Wildman–Crippen MR) is 66.9 cm³/mol. The topological polar surface area (TPSA) is 50.4 Å². The molecule has 0 unspecified atom stereocenters. The molecule has 3 atom stereocenters. The van der Waals surface area contributed by atoms with Crippen molar-refractivity contribution in [1.82, 2.24) is 10.6 Å². The van der Waals surface area contributed by atoms with E-state index in [0.717, 1.165) is 37.8 Å². The number of fused-ring (bicyclic) bond motifs is 1. The molecule has 0 aromatic rings. The first-order chi connectivity index (χ1) is 7.94. The fourth-order valence-electron chi connectivity index (χ4n) is 2.90. The van der Waals surface area contributed by atoms with Crippen LogP contribution in [0.1, 0.15) is 40.0 Å². The van der Waals surface area contributed by atoms with Crippen LogP contribution in [-0.4, -0.2) is 30.8 Å². The Labute approximate surface area is 103 Å². The van der Waals surface area contributed by atoms with Crippen molar-refractivity contribution in [1.29, 1.82) is 0 Å². The Morgan fingerprint density at radius 2 is 1.94 bits per heavy atom. The second-order valence-corrected chi connectivity index (χ2v) is 6.33. The second kappa shape index (κ2) is 4.84. The van der Waals surface area contributed by atoms with Crippen LogP contribution in [0.25, 0.3) is 0 Å². The van der Waals surface area contributed by atoms with Crippen molar-refractivity contribution in [2.24, 2.45) is 11.8 Å². The number of carbonyl (C=O) groups is 1. The van der Waals surface area contributed by atoms with Crippen LogP contribution in [0, 0.1) is 11.8 Å². The van der Waals surface area contributed by atoms with E-state index in [1.54, 1.807) is 0 Å². The summed E-state index contributed by atoms with van der Waals surface area (Å²) < 4.78 is 5.29. The van der Waals surface area contributed by atoms with E-state index < -0.39 is 5.60 Å². The lowest BCUT2D eigenvalue weighted by molar-refractivity contribution is 0.0479. The van der Waals surface area contributed by atoms with Gasteiger partial charge in [0.1, 0.15) is 5.60 Å². The predicted octanol–water partition coefficient (Wildman–Crippen LogP) is 1.90. The zero-order valence-corrected chi connectivity index (χ0v) is 11.1. The molecule has 2 rings (SSSR count). The molecule has 1 amide bonds. The number of nitrogens with one attached hydrogen (secondary N) is 2. The number of hydrogen-bond acceptors (Lipinski definition) is 3. The van der Waals surface area contributed by atoms with E-state index in [4.69, 9.17) is 4.74 Å². The smallest absolute Gasteiger partial charge is 0.407 e. The lowest BCUT2D eigenvalue weighted by atomic mass is 9.79. The van der Waals surface area contributed by atoms with Gasteiger partial charge < -0.3 is 15.4 Å². The Morgan fingerprint density at radius 3 is 2.65 bits per heavy atom. The van der Waals surface area contributed by atoms with E-state index in [1.807, 2.05) is 20.8 Å². The van der Waals surface area contributed by atoms with E-state index in [2.05, 4.69) is 10.6 Å². The van der Waals surface area contributed by atoms with E-state index >= 15 is 0 Å². The van der Waals surface area contributed by atoms with Gasteiger partial charge in [-0.25, -0.2) is 4.79 Å². The van der Waals surface area contributed by atoms with Gasteiger partial charge in [-0.1, -0.05) is 0 Å². The van der Waals surface area contributed by atoms with Gasteiger partial charge in [-0.05, 0) is 65.0 Å². The normalized spacial score (nSPS) is 33.0. The maximum atomic E-state index is 11.7. The number of ether oxygens (including phenoxy) is 1. The van der Waals surface area contributed by atoms with Crippen LogP contribution in [0.3, 0.4) is 0 Å². The number of alkyl carbamates (subject to hydrolysis) is 1. The highest BCUT2D eigenvalue weighted by atomic mass is 16.6. The Balaban J connectivity index is 1.78. The van der Waals surface area contributed by atoms with Gasteiger partial charge in [0.25, 0.3) is 0 Å². The molecule has 0 aromatic heterocycles. The fraction of sp³-hybridized carbons (Fsp3) is 0.923. The molecule has 0 spiro atoms. The van der Waals surface area contributed by atoms with Crippen LogP contribution in [0.4, 0.5) is 4.79 Å². The van der Waals surface area contributed by atoms with Gasteiger partial charge in [0, 0.05) is 6.04 Å². The summed E-state index contributed by atoms with van der Waals surface area (Å²) in [5, 5.41) is 6.43. The van der Waals surface area contributed by atoms with Crippen LogP contribution in [0.2, 0.25) is 0 Å². The summed E-state index contributed by atoms with van der Waals surface area (Å²) in [6, 6.07) is 0.297. The summed E-state index contributed by atoms with van der Waals surface area (Å²) in [5.74, 6) is 1.57. The van der Waals surface area contributed by atoms with E-state index in [1.165, 1.54) is 6.42 Å². The highest BCUT2D eigenvalue weighted by Gasteiger charge is 2.34. The largest absolute Gasteiger partial charge is 0.444 e. The molecule has 98 valence electrons. The summed E-state index contributed by atoms with van der Waals surface area (Å²) in [4.78, 5) is 11.7.